The smallest absolute Gasteiger partial charge is 0.310 e. The van der Waals surface area contributed by atoms with E-state index in [1.54, 1.807) is 18.2 Å². The lowest BCUT2D eigenvalue weighted by Crippen LogP contribution is -2.31. The number of nitro groups is 1. The van der Waals surface area contributed by atoms with Gasteiger partial charge < -0.3 is 4.74 Å². The van der Waals surface area contributed by atoms with E-state index in [1.165, 1.54) is 12.5 Å². The Kier molecular flexibility index (Phi) is 3.86. The van der Waals surface area contributed by atoms with E-state index in [1.807, 2.05) is 0 Å². The van der Waals surface area contributed by atoms with Crippen LogP contribution < -0.4 is 4.74 Å². The molecule has 2 rings (SSSR count). The van der Waals surface area contributed by atoms with Crippen molar-refractivity contribution in [2.45, 2.75) is 35.7 Å². The van der Waals surface area contributed by atoms with Crippen LogP contribution in [-0.2, 0) is 0 Å². The maximum absolute atomic E-state index is 10.9. The average Bonchev–Trinajstić information content (AvgIpc) is 2.29. The van der Waals surface area contributed by atoms with E-state index >= 15 is 0 Å². The Hall–Kier alpha value is -0.850. The predicted molar refractivity (Wildman–Crippen MR) is 73.6 cm³/mol. The molecule has 0 aromatic heterocycles. The topological polar surface area (TPSA) is 52.4 Å². The highest BCUT2D eigenvalue weighted by Crippen LogP contribution is 2.40. The Labute approximate surface area is 114 Å². The van der Waals surface area contributed by atoms with Gasteiger partial charge in [-0.15, -0.1) is 0 Å². The van der Waals surface area contributed by atoms with Crippen molar-refractivity contribution in [1.29, 1.82) is 0 Å². The molecule has 0 amide bonds. The van der Waals surface area contributed by atoms with E-state index in [0.29, 0.717) is 5.75 Å². The molecule has 0 heterocycles. The highest BCUT2D eigenvalue weighted by Gasteiger charge is 2.32. The van der Waals surface area contributed by atoms with E-state index in [4.69, 9.17) is 4.74 Å². The number of halogens is 1. The SMILES string of the molecule is O=[N+]([O-])c1ccccc1OC1(I)CCCCC1. The third kappa shape index (κ3) is 3.08. The van der Waals surface area contributed by atoms with Gasteiger partial charge in [0, 0.05) is 6.07 Å². The first kappa shape index (κ1) is 12.6. The van der Waals surface area contributed by atoms with Gasteiger partial charge >= 0.3 is 5.69 Å². The van der Waals surface area contributed by atoms with Gasteiger partial charge in [0.15, 0.2) is 9.36 Å². The first-order valence-electron chi connectivity index (χ1n) is 5.72. The van der Waals surface area contributed by atoms with Gasteiger partial charge in [0.2, 0.25) is 0 Å². The summed E-state index contributed by atoms with van der Waals surface area (Å²) in [7, 11) is 0. The lowest BCUT2D eigenvalue weighted by atomic mass is 9.97. The van der Waals surface area contributed by atoms with Crippen molar-refractivity contribution in [3.63, 3.8) is 0 Å². The van der Waals surface area contributed by atoms with Crippen LogP contribution in [-0.4, -0.2) is 8.53 Å². The molecule has 1 aromatic rings. The average molecular weight is 347 g/mol. The van der Waals surface area contributed by atoms with Crippen LogP contribution in [0.15, 0.2) is 24.3 Å². The molecule has 1 aliphatic rings. The number of nitrogens with zero attached hydrogens (tertiary/aromatic N) is 1. The molecular formula is C12H14INO3. The zero-order chi connectivity index (χ0) is 12.3. The molecule has 0 N–H and O–H groups in total. The lowest BCUT2D eigenvalue weighted by molar-refractivity contribution is -0.386. The summed E-state index contributed by atoms with van der Waals surface area (Å²) in [6, 6.07) is 6.59. The van der Waals surface area contributed by atoms with Gasteiger partial charge in [-0.05, 0) is 54.3 Å². The molecule has 1 saturated carbocycles. The molecule has 0 spiro atoms. The molecule has 17 heavy (non-hydrogen) atoms. The molecule has 92 valence electrons. The van der Waals surface area contributed by atoms with Crippen molar-refractivity contribution >= 4 is 28.3 Å². The van der Waals surface area contributed by atoms with Gasteiger partial charge in [-0.3, -0.25) is 10.1 Å². The fraction of sp³-hybridized carbons (Fsp3) is 0.500. The minimum atomic E-state index is -0.391. The molecule has 0 bridgehead atoms. The molecule has 0 saturated heterocycles. The maximum atomic E-state index is 10.9. The third-order valence-corrected chi connectivity index (χ3v) is 4.25. The second-order valence-electron chi connectivity index (χ2n) is 4.27. The van der Waals surface area contributed by atoms with Crippen molar-refractivity contribution in [3.05, 3.63) is 34.4 Å². The van der Waals surface area contributed by atoms with Crippen molar-refractivity contribution in [1.82, 2.24) is 0 Å². The van der Waals surface area contributed by atoms with E-state index in [2.05, 4.69) is 22.6 Å². The largest absolute Gasteiger partial charge is 0.470 e. The fourth-order valence-corrected chi connectivity index (χ4v) is 3.07. The zero-order valence-electron chi connectivity index (χ0n) is 9.39. The molecule has 5 heteroatoms. The summed E-state index contributed by atoms with van der Waals surface area (Å²) in [5, 5.41) is 10.9. The fourth-order valence-electron chi connectivity index (χ4n) is 2.07. The second kappa shape index (κ2) is 5.20. The summed E-state index contributed by atoms with van der Waals surface area (Å²) in [5.41, 5.74) is 0.0501. The molecule has 1 aliphatic carbocycles. The van der Waals surface area contributed by atoms with Crippen LogP contribution in [0.3, 0.4) is 0 Å². The number of para-hydroxylation sites is 2. The number of hydrogen-bond donors (Lipinski definition) is 0. The zero-order valence-corrected chi connectivity index (χ0v) is 11.6. The summed E-state index contributed by atoms with van der Waals surface area (Å²) in [6.45, 7) is 0. The van der Waals surface area contributed by atoms with Crippen LogP contribution in [0.1, 0.15) is 32.1 Å². The highest BCUT2D eigenvalue weighted by atomic mass is 127. The first-order chi connectivity index (χ1) is 8.11. The minimum absolute atomic E-state index is 0.0501. The first-order valence-corrected chi connectivity index (χ1v) is 6.80. The van der Waals surface area contributed by atoms with E-state index in [0.717, 1.165) is 25.7 Å². The van der Waals surface area contributed by atoms with Gasteiger partial charge in [0.1, 0.15) is 0 Å². The van der Waals surface area contributed by atoms with E-state index < -0.39 is 4.92 Å². The number of benzene rings is 1. The maximum Gasteiger partial charge on any atom is 0.310 e. The Morgan fingerprint density at radius 1 is 1.24 bits per heavy atom. The van der Waals surface area contributed by atoms with Crippen LogP contribution >= 0.6 is 22.6 Å². The second-order valence-corrected chi connectivity index (χ2v) is 6.24. The van der Waals surface area contributed by atoms with E-state index in [-0.39, 0.29) is 9.30 Å². The van der Waals surface area contributed by atoms with Crippen LogP contribution in [0.25, 0.3) is 0 Å². The number of hydrogen-bond acceptors (Lipinski definition) is 3. The number of ether oxygens (including phenoxy) is 1. The Bertz CT molecular complexity index is 416. The molecular weight excluding hydrogens is 333 g/mol. The van der Waals surface area contributed by atoms with Crippen molar-refractivity contribution in [2.24, 2.45) is 0 Å². The quantitative estimate of drug-likeness (QED) is 0.358. The summed E-state index contributed by atoms with van der Waals surface area (Å²) < 4.78 is 5.60. The van der Waals surface area contributed by atoms with Crippen molar-refractivity contribution in [2.75, 3.05) is 0 Å². The molecule has 0 atom stereocenters. The van der Waals surface area contributed by atoms with Crippen molar-refractivity contribution in [3.8, 4) is 5.75 Å². The summed E-state index contributed by atoms with van der Waals surface area (Å²) in [6.07, 6.45) is 5.40. The number of nitro benzene ring substituents is 1. The van der Waals surface area contributed by atoms with Crippen LogP contribution in [0.4, 0.5) is 5.69 Å². The molecule has 0 aliphatic heterocycles. The van der Waals surface area contributed by atoms with Gasteiger partial charge in [0.25, 0.3) is 0 Å². The third-order valence-electron chi connectivity index (χ3n) is 2.96. The lowest BCUT2D eigenvalue weighted by Gasteiger charge is -2.32. The molecule has 0 unspecified atom stereocenters. The monoisotopic (exact) mass is 347 g/mol. The molecule has 0 radical (unpaired) electrons. The van der Waals surface area contributed by atoms with Gasteiger partial charge in [0.05, 0.1) is 4.92 Å². The standard InChI is InChI=1S/C12H14INO3/c13-12(8-4-1-5-9-12)17-11-7-3-2-6-10(11)14(15)16/h2-3,6-7H,1,4-5,8-9H2. The van der Waals surface area contributed by atoms with Gasteiger partial charge in [-0.25, -0.2) is 0 Å². The summed E-state index contributed by atoms with van der Waals surface area (Å²) in [4.78, 5) is 10.5. The van der Waals surface area contributed by atoms with Crippen LogP contribution in [0.5, 0.6) is 5.75 Å². The molecule has 4 nitrogen and oxygen atoms in total. The van der Waals surface area contributed by atoms with Gasteiger partial charge in [-0.1, -0.05) is 18.6 Å². The van der Waals surface area contributed by atoms with Crippen molar-refractivity contribution < 1.29 is 9.66 Å². The van der Waals surface area contributed by atoms with Crippen LogP contribution in [0, 0.1) is 10.1 Å². The van der Waals surface area contributed by atoms with Gasteiger partial charge in [-0.2, -0.15) is 0 Å². The Morgan fingerprint density at radius 3 is 2.53 bits per heavy atom. The Morgan fingerprint density at radius 2 is 1.88 bits per heavy atom. The highest BCUT2D eigenvalue weighted by molar-refractivity contribution is 14.1. The number of rotatable bonds is 3. The Balaban J connectivity index is 2.20. The molecule has 1 aromatic carbocycles. The summed E-state index contributed by atoms with van der Waals surface area (Å²) in [5.74, 6) is 0.383. The minimum Gasteiger partial charge on any atom is -0.470 e. The van der Waals surface area contributed by atoms with E-state index in [9.17, 15) is 10.1 Å². The normalized spacial score (nSPS) is 18.6. The predicted octanol–water partition coefficient (Wildman–Crippen LogP) is 4.07. The number of alkyl halides is 1. The molecule has 1 fully saturated rings. The summed E-state index contributed by atoms with van der Waals surface area (Å²) >= 11 is 2.29. The van der Waals surface area contributed by atoms with Crippen LogP contribution in [0.2, 0.25) is 0 Å².